The van der Waals surface area contributed by atoms with Crippen molar-refractivity contribution in [3.63, 3.8) is 0 Å². The van der Waals surface area contributed by atoms with E-state index in [1.807, 2.05) is 60.7 Å². The standard InChI is InChI=1S/C24H30FN5O4/c25-15-22(31)20(12-7-13-27-17-28-26)29-23(32)21(14-18-8-3-1-4-9-18)30-24(33)34-16-19-10-5-2-6-11-19/h1-6,8-11,17,20-21H,7,12-16,26H2,(H,27,28)(H,29,32)(H,30,33)/t20-,21-/m0/s1. The molecule has 0 unspecified atom stereocenters. The van der Waals surface area contributed by atoms with E-state index in [2.05, 4.69) is 21.1 Å². The number of benzene rings is 2. The van der Waals surface area contributed by atoms with Crippen LogP contribution in [0, 0.1) is 0 Å². The van der Waals surface area contributed by atoms with Gasteiger partial charge in [-0.25, -0.2) is 15.0 Å². The van der Waals surface area contributed by atoms with Crippen LogP contribution in [-0.4, -0.2) is 49.4 Å². The van der Waals surface area contributed by atoms with Crippen molar-refractivity contribution in [2.45, 2.75) is 38.0 Å². The SMILES string of the molecule is NNC=NCCC[C@H](NC(=O)[C@H](Cc1ccccc1)NC(=O)OCc1ccccc1)C(=O)CF. The van der Waals surface area contributed by atoms with E-state index in [1.165, 1.54) is 6.34 Å². The second-order valence-corrected chi connectivity index (χ2v) is 7.45. The van der Waals surface area contributed by atoms with E-state index in [-0.39, 0.29) is 19.4 Å². The molecule has 0 spiro atoms. The van der Waals surface area contributed by atoms with Crippen LogP contribution in [0.4, 0.5) is 9.18 Å². The Labute approximate surface area is 197 Å². The van der Waals surface area contributed by atoms with Crippen molar-refractivity contribution < 1.29 is 23.5 Å². The Morgan fingerprint density at radius 2 is 1.62 bits per heavy atom. The Balaban J connectivity index is 2.04. The van der Waals surface area contributed by atoms with Crippen LogP contribution in [0.15, 0.2) is 65.7 Å². The van der Waals surface area contributed by atoms with Crippen LogP contribution in [0.2, 0.25) is 0 Å². The van der Waals surface area contributed by atoms with Gasteiger partial charge in [-0.1, -0.05) is 60.7 Å². The quantitative estimate of drug-likeness (QED) is 0.109. The lowest BCUT2D eigenvalue weighted by Crippen LogP contribution is -2.52. The molecule has 2 aromatic carbocycles. The zero-order valence-corrected chi connectivity index (χ0v) is 18.8. The third kappa shape index (κ3) is 9.78. The van der Waals surface area contributed by atoms with Crippen molar-refractivity contribution in [2.24, 2.45) is 10.8 Å². The molecular weight excluding hydrogens is 441 g/mol. The monoisotopic (exact) mass is 471 g/mol. The molecule has 9 nitrogen and oxygen atoms in total. The lowest BCUT2D eigenvalue weighted by Gasteiger charge is -2.22. The van der Waals surface area contributed by atoms with Crippen molar-refractivity contribution in [2.75, 3.05) is 13.2 Å². The molecule has 182 valence electrons. The molecule has 2 rings (SSSR count). The number of amides is 2. The van der Waals surface area contributed by atoms with E-state index in [9.17, 15) is 18.8 Å². The molecule has 0 fully saturated rings. The van der Waals surface area contributed by atoms with E-state index in [0.717, 1.165) is 11.1 Å². The number of alkyl halides is 1. The maximum Gasteiger partial charge on any atom is 0.408 e. The van der Waals surface area contributed by atoms with Crippen LogP contribution in [0.25, 0.3) is 0 Å². The molecule has 0 heterocycles. The number of hydrogen-bond acceptors (Lipinski definition) is 6. The highest BCUT2D eigenvalue weighted by Crippen LogP contribution is 2.07. The third-order valence-corrected chi connectivity index (χ3v) is 4.89. The summed E-state index contributed by atoms with van der Waals surface area (Å²) < 4.78 is 18.3. The topological polar surface area (TPSA) is 135 Å². The molecule has 0 saturated carbocycles. The fourth-order valence-electron chi connectivity index (χ4n) is 3.15. The Morgan fingerprint density at radius 3 is 2.24 bits per heavy atom. The normalized spacial score (nSPS) is 12.5. The number of ketones is 1. The Hall–Kier alpha value is -3.79. The Morgan fingerprint density at radius 1 is 0.971 bits per heavy atom. The minimum atomic E-state index is -1.21. The van der Waals surface area contributed by atoms with Crippen molar-refractivity contribution in [1.29, 1.82) is 0 Å². The predicted octanol–water partition coefficient (Wildman–Crippen LogP) is 1.82. The van der Waals surface area contributed by atoms with Gasteiger partial charge < -0.3 is 20.8 Å². The molecule has 0 aliphatic heterocycles. The lowest BCUT2D eigenvalue weighted by atomic mass is 10.0. The van der Waals surface area contributed by atoms with Crippen LogP contribution in [0.3, 0.4) is 0 Å². The number of alkyl carbamates (subject to hydrolysis) is 1. The number of nitrogens with two attached hydrogens (primary N) is 1. The van der Waals surface area contributed by atoms with E-state index in [0.29, 0.717) is 13.0 Å². The number of aliphatic imine (C=N–C) groups is 1. The number of carbonyl (C=O) groups is 3. The zero-order chi connectivity index (χ0) is 24.6. The van der Waals surface area contributed by atoms with Crippen LogP contribution in [0.5, 0.6) is 0 Å². The molecule has 10 heteroatoms. The summed E-state index contributed by atoms with van der Waals surface area (Å²) in [5.41, 5.74) is 3.85. The number of nitrogens with one attached hydrogen (secondary N) is 3. The molecular formula is C24H30FN5O4. The largest absolute Gasteiger partial charge is 0.445 e. The number of halogens is 1. The van der Waals surface area contributed by atoms with Gasteiger partial charge >= 0.3 is 6.09 Å². The smallest absolute Gasteiger partial charge is 0.408 e. The summed E-state index contributed by atoms with van der Waals surface area (Å²) in [6.45, 7) is -0.838. The molecule has 2 atom stereocenters. The van der Waals surface area contributed by atoms with E-state index >= 15 is 0 Å². The van der Waals surface area contributed by atoms with Crippen LogP contribution >= 0.6 is 0 Å². The molecule has 0 radical (unpaired) electrons. The van der Waals surface area contributed by atoms with Crippen molar-refractivity contribution in [3.8, 4) is 0 Å². The number of Topliss-reactive ketones (excluding diaryl/α,β-unsaturated/α-hetero) is 1. The molecule has 34 heavy (non-hydrogen) atoms. The number of hydrazine groups is 1. The summed E-state index contributed by atoms with van der Waals surface area (Å²) in [4.78, 5) is 41.4. The second kappa shape index (κ2) is 15.1. The first-order chi connectivity index (χ1) is 16.5. The molecule has 2 amide bonds. The van der Waals surface area contributed by atoms with E-state index in [1.54, 1.807) is 0 Å². The molecule has 0 saturated heterocycles. The molecule has 5 N–H and O–H groups in total. The van der Waals surface area contributed by atoms with Gasteiger partial charge in [-0.2, -0.15) is 0 Å². The van der Waals surface area contributed by atoms with Gasteiger partial charge in [0, 0.05) is 13.0 Å². The van der Waals surface area contributed by atoms with Gasteiger partial charge in [-0.15, -0.1) is 0 Å². The van der Waals surface area contributed by atoms with Crippen molar-refractivity contribution in [1.82, 2.24) is 16.1 Å². The predicted molar refractivity (Wildman–Crippen MR) is 127 cm³/mol. The van der Waals surface area contributed by atoms with E-state index < -0.39 is 36.5 Å². The summed E-state index contributed by atoms with van der Waals surface area (Å²) in [6, 6.07) is 16.1. The van der Waals surface area contributed by atoms with Gasteiger partial charge in [0.2, 0.25) is 5.91 Å². The molecule has 0 aromatic heterocycles. The van der Waals surface area contributed by atoms with Crippen LogP contribution in [-0.2, 0) is 27.4 Å². The molecule has 2 aromatic rings. The number of ether oxygens (including phenoxy) is 1. The minimum Gasteiger partial charge on any atom is -0.445 e. The Kier molecular flexibility index (Phi) is 11.8. The fraction of sp³-hybridized carbons (Fsp3) is 0.333. The Bertz CT molecular complexity index is 927. The first-order valence-corrected chi connectivity index (χ1v) is 10.9. The number of rotatable bonds is 14. The molecule has 0 bridgehead atoms. The summed E-state index contributed by atoms with van der Waals surface area (Å²) in [5.74, 6) is 3.73. The molecule has 0 aliphatic rings. The third-order valence-electron chi connectivity index (χ3n) is 4.89. The lowest BCUT2D eigenvalue weighted by molar-refractivity contribution is -0.129. The van der Waals surface area contributed by atoms with Gasteiger partial charge in [0.1, 0.15) is 19.3 Å². The zero-order valence-electron chi connectivity index (χ0n) is 18.8. The van der Waals surface area contributed by atoms with Gasteiger partial charge in [0.15, 0.2) is 5.78 Å². The van der Waals surface area contributed by atoms with Crippen molar-refractivity contribution in [3.05, 3.63) is 71.8 Å². The maximum absolute atomic E-state index is 13.1. The van der Waals surface area contributed by atoms with Crippen molar-refractivity contribution >= 4 is 24.1 Å². The van der Waals surface area contributed by atoms with E-state index in [4.69, 9.17) is 10.6 Å². The first-order valence-electron chi connectivity index (χ1n) is 10.9. The highest BCUT2D eigenvalue weighted by atomic mass is 19.1. The van der Waals surface area contributed by atoms with Gasteiger partial charge in [0.05, 0.1) is 12.4 Å². The number of nitrogens with zero attached hydrogens (tertiary/aromatic N) is 1. The summed E-state index contributed by atoms with van der Waals surface area (Å²) >= 11 is 0. The summed E-state index contributed by atoms with van der Waals surface area (Å²) in [7, 11) is 0. The average molecular weight is 472 g/mol. The summed E-state index contributed by atoms with van der Waals surface area (Å²) in [6.07, 6.45) is 1.29. The minimum absolute atomic E-state index is 0.0352. The fourth-order valence-corrected chi connectivity index (χ4v) is 3.15. The maximum atomic E-state index is 13.1. The molecule has 0 aliphatic carbocycles. The summed E-state index contributed by atoms with van der Waals surface area (Å²) in [5, 5.41) is 5.13. The van der Waals surface area contributed by atoms with Gasteiger partial charge in [-0.3, -0.25) is 14.6 Å². The van der Waals surface area contributed by atoms with Gasteiger partial charge in [-0.05, 0) is 24.0 Å². The van der Waals surface area contributed by atoms with Crippen LogP contribution in [0.1, 0.15) is 24.0 Å². The van der Waals surface area contributed by atoms with Crippen LogP contribution < -0.4 is 21.9 Å². The number of carbonyl (C=O) groups excluding carboxylic acids is 3. The number of hydrogen-bond donors (Lipinski definition) is 4. The van der Waals surface area contributed by atoms with Gasteiger partial charge in [0.25, 0.3) is 0 Å². The average Bonchev–Trinajstić information content (AvgIpc) is 2.87. The first kappa shape index (κ1) is 26.5. The second-order valence-electron chi connectivity index (χ2n) is 7.45. The highest BCUT2D eigenvalue weighted by Gasteiger charge is 2.27. The highest BCUT2D eigenvalue weighted by molar-refractivity contribution is 5.92.